The Kier molecular flexibility index (Phi) is 2.50. The molecule has 17 heavy (non-hydrogen) atoms. The molecule has 1 aromatic carbocycles. The fourth-order valence-electron chi connectivity index (χ4n) is 2.54. The van der Waals surface area contributed by atoms with E-state index in [4.69, 9.17) is 0 Å². The van der Waals surface area contributed by atoms with E-state index in [0.29, 0.717) is 11.7 Å². The Labute approximate surface area is 101 Å². The molecule has 0 unspecified atom stereocenters. The maximum absolute atomic E-state index is 12.2. The molecule has 1 N–H and O–H groups in total. The molecule has 0 atom stereocenters. The number of fused-ring (bicyclic) bond motifs is 1. The molecule has 1 fully saturated rings. The third-order valence-corrected chi connectivity index (χ3v) is 3.84. The van der Waals surface area contributed by atoms with Crippen LogP contribution in [0, 0.1) is 12.8 Å². The van der Waals surface area contributed by atoms with E-state index in [-0.39, 0.29) is 0 Å². The Balaban J connectivity index is 1.91. The summed E-state index contributed by atoms with van der Waals surface area (Å²) >= 11 is 0. The zero-order valence-corrected chi connectivity index (χ0v) is 10.1. The average molecular weight is 227 g/mol. The third kappa shape index (κ3) is 1.88. The quantitative estimate of drug-likeness (QED) is 0.794. The van der Waals surface area contributed by atoms with Gasteiger partial charge >= 0.3 is 0 Å². The van der Waals surface area contributed by atoms with Crippen molar-refractivity contribution in [1.29, 1.82) is 0 Å². The Hall–Kier alpha value is -1.57. The van der Waals surface area contributed by atoms with Gasteiger partial charge in [0.1, 0.15) is 0 Å². The summed E-state index contributed by atoms with van der Waals surface area (Å²) < 4.78 is 0. The van der Waals surface area contributed by atoms with E-state index in [1.807, 2.05) is 6.20 Å². The number of carbonyl (C=O) groups is 1. The Morgan fingerprint density at radius 3 is 2.94 bits per heavy atom. The van der Waals surface area contributed by atoms with E-state index in [9.17, 15) is 4.79 Å². The lowest BCUT2D eigenvalue weighted by atomic mass is 9.81. The first-order chi connectivity index (χ1) is 8.24. The minimum Gasteiger partial charge on any atom is -0.360 e. The standard InChI is InChI=1S/C15H17NO/c1-10-5-6-12-13(9-16-14(12)7-10)15(17)8-11-3-2-4-11/h5-7,9,11,16H,2-4,8H2,1H3. The van der Waals surface area contributed by atoms with Gasteiger partial charge in [-0.1, -0.05) is 31.4 Å². The van der Waals surface area contributed by atoms with Crippen molar-refractivity contribution in [3.63, 3.8) is 0 Å². The maximum atomic E-state index is 12.2. The van der Waals surface area contributed by atoms with E-state index in [1.54, 1.807) is 0 Å². The molecule has 1 aromatic heterocycles. The lowest BCUT2D eigenvalue weighted by molar-refractivity contribution is 0.0938. The van der Waals surface area contributed by atoms with Crippen LogP contribution in [0.5, 0.6) is 0 Å². The van der Waals surface area contributed by atoms with Crippen molar-refractivity contribution >= 4 is 16.7 Å². The van der Waals surface area contributed by atoms with Gasteiger partial charge in [0.2, 0.25) is 0 Å². The summed E-state index contributed by atoms with van der Waals surface area (Å²) in [7, 11) is 0. The number of Topliss-reactive ketones (excluding diaryl/α,β-unsaturated/α-hetero) is 1. The average Bonchev–Trinajstić information content (AvgIpc) is 2.66. The molecule has 2 heteroatoms. The van der Waals surface area contributed by atoms with Crippen LogP contribution in [0.15, 0.2) is 24.4 Å². The minimum atomic E-state index is 0.296. The van der Waals surface area contributed by atoms with Crippen LogP contribution in [-0.4, -0.2) is 10.8 Å². The second-order valence-electron chi connectivity index (χ2n) is 5.18. The number of hydrogen-bond acceptors (Lipinski definition) is 1. The van der Waals surface area contributed by atoms with Gasteiger partial charge in [-0.05, 0) is 24.5 Å². The number of aryl methyl sites for hydroxylation is 1. The molecule has 0 bridgehead atoms. The third-order valence-electron chi connectivity index (χ3n) is 3.84. The van der Waals surface area contributed by atoms with Crippen molar-refractivity contribution < 1.29 is 4.79 Å². The van der Waals surface area contributed by atoms with Crippen molar-refractivity contribution in [3.8, 4) is 0 Å². The van der Waals surface area contributed by atoms with Gasteiger partial charge < -0.3 is 4.98 Å². The Bertz CT molecular complexity index is 563. The number of hydrogen-bond donors (Lipinski definition) is 1. The highest BCUT2D eigenvalue weighted by Crippen LogP contribution is 2.31. The number of rotatable bonds is 3. The van der Waals surface area contributed by atoms with Crippen molar-refractivity contribution in [1.82, 2.24) is 4.98 Å². The molecule has 1 saturated carbocycles. The first kappa shape index (κ1) is 10.6. The van der Waals surface area contributed by atoms with Gasteiger partial charge in [-0.3, -0.25) is 4.79 Å². The summed E-state index contributed by atoms with van der Waals surface area (Å²) in [6.07, 6.45) is 6.34. The summed E-state index contributed by atoms with van der Waals surface area (Å²) in [4.78, 5) is 15.4. The lowest BCUT2D eigenvalue weighted by Crippen LogP contribution is -2.15. The van der Waals surface area contributed by atoms with Gasteiger partial charge in [-0.2, -0.15) is 0 Å². The molecule has 2 nitrogen and oxygen atoms in total. The summed E-state index contributed by atoms with van der Waals surface area (Å²) in [5.41, 5.74) is 3.16. The van der Waals surface area contributed by atoms with Gasteiger partial charge in [0.25, 0.3) is 0 Å². The zero-order valence-electron chi connectivity index (χ0n) is 10.1. The number of aromatic amines is 1. The fourth-order valence-corrected chi connectivity index (χ4v) is 2.54. The van der Waals surface area contributed by atoms with Crippen LogP contribution in [0.4, 0.5) is 0 Å². The van der Waals surface area contributed by atoms with Gasteiger partial charge in [0.05, 0.1) is 0 Å². The molecule has 0 saturated heterocycles. The van der Waals surface area contributed by atoms with Gasteiger partial charge in [0, 0.05) is 29.1 Å². The molecule has 0 spiro atoms. The normalized spacial score (nSPS) is 16.1. The summed E-state index contributed by atoms with van der Waals surface area (Å²) in [5.74, 6) is 0.933. The van der Waals surface area contributed by atoms with E-state index in [1.165, 1.54) is 24.8 Å². The van der Waals surface area contributed by atoms with Crippen LogP contribution < -0.4 is 0 Å². The van der Waals surface area contributed by atoms with Crippen LogP contribution in [-0.2, 0) is 0 Å². The molecule has 0 aliphatic heterocycles. The highest BCUT2D eigenvalue weighted by molar-refractivity contribution is 6.08. The monoisotopic (exact) mass is 227 g/mol. The summed E-state index contributed by atoms with van der Waals surface area (Å²) in [6.45, 7) is 2.07. The number of ketones is 1. The number of benzene rings is 1. The van der Waals surface area contributed by atoms with Crippen molar-refractivity contribution in [3.05, 3.63) is 35.5 Å². The summed E-state index contributed by atoms with van der Waals surface area (Å²) in [6, 6.07) is 6.21. The maximum Gasteiger partial charge on any atom is 0.165 e. The molecule has 0 radical (unpaired) electrons. The Morgan fingerprint density at radius 1 is 1.41 bits per heavy atom. The van der Waals surface area contributed by atoms with Crippen molar-refractivity contribution in [2.45, 2.75) is 32.6 Å². The first-order valence-electron chi connectivity index (χ1n) is 6.35. The predicted octanol–water partition coefficient (Wildman–Crippen LogP) is 3.85. The minimum absolute atomic E-state index is 0.296. The van der Waals surface area contributed by atoms with E-state index in [2.05, 4.69) is 30.1 Å². The van der Waals surface area contributed by atoms with Crippen molar-refractivity contribution in [2.24, 2.45) is 5.92 Å². The molecular weight excluding hydrogens is 210 g/mol. The highest BCUT2D eigenvalue weighted by atomic mass is 16.1. The summed E-state index contributed by atoms with van der Waals surface area (Å²) in [5, 5.41) is 1.07. The van der Waals surface area contributed by atoms with Gasteiger partial charge in [-0.15, -0.1) is 0 Å². The largest absolute Gasteiger partial charge is 0.360 e. The smallest absolute Gasteiger partial charge is 0.165 e. The number of aromatic nitrogens is 1. The topological polar surface area (TPSA) is 32.9 Å². The molecule has 3 rings (SSSR count). The molecular formula is C15H17NO. The van der Waals surface area contributed by atoms with E-state index < -0.39 is 0 Å². The van der Waals surface area contributed by atoms with Gasteiger partial charge in [-0.25, -0.2) is 0 Å². The molecule has 1 aliphatic carbocycles. The molecule has 0 amide bonds. The van der Waals surface area contributed by atoms with Crippen LogP contribution in [0.25, 0.3) is 10.9 Å². The predicted molar refractivity (Wildman–Crippen MR) is 69.3 cm³/mol. The lowest BCUT2D eigenvalue weighted by Gasteiger charge is -2.24. The molecule has 88 valence electrons. The van der Waals surface area contributed by atoms with Gasteiger partial charge in [0.15, 0.2) is 5.78 Å². The van der Waals surface area contributed by atoms with Crippen LogP contribution in [0.3, 0.4) is 0 Å². The number of carbonyl (C=O) groups excluding carboxylic acids is 1. The highest BCUT2D eigenvalue weighted by Gasteiger charge is 2.22. The zero-order chi connectivity index (χ0) is 11.8. The SMILES string of the molecule is Cc1ccc2c(C(=O)CC3CCC3)c[nH]c2c1. The second-order valence-corrected chi connectivity index (χ2v) is 5.18. The first-order valence-corrected chi connectivity index (χ1v) is 6.35. The molecule has 1 aliphatic rings. The van der Waals surface area contributed by atoms with E-state index in [0.717, 1.165) is 22.9 Å². The fraction of sp³-hybridized carbons (Fsp3) is 0.400. The Morgan fingerprint density at radius 2 is 2.24 bits per heavy atom. The van der Waals surface area contributed by atoms with Crippen LogP contribution in [0.1, 0.15) is 41.6 Å². The van der Waals surface area contributed by atoms with E-state index >= 15 is 0 Å². The molecule has 2 aromatic rings. The van der Waals surface area contributed by atoms with Crippen LogP contribution >= 0.6 is 0 Å². The van der Waals surface area contributed by atoms with Crippen molar-refractivity contribution in [2.75, 3.05) is 0 Å². The number of nitrogens with one attached hydrogen (secondary N) is 1. The molecule has 1 heterocycles. The number of H-pyrrole nitrogens is 1. The second kappa shape index (κ2) is 4.02. The van der Waals surface area contributed by atoms with Crippen LogP contribution in [0.2, 0.25) is 0 Å².